The van der Waals surface area contributed by atoms with Crippen molar-refractivity contribution in [2.24, 2.45) is 0 Å². The van der Waals surface area contributed by atoms with Gasteiger partial charge >= 0.3 is 0 Å². The lowest BCUT2D eigenvalue weighted by atomic mass is 10.2. The summed E-state index contributed by atoms with van der Waals surface area (Å²) in [4.78, 5) is 4.24. The van der Waals surface area contributed by atoms with E-state index in [0.29, 0.717) is 23.1 Å². The predicted octanol–water partition coefficient (Wildman–Crippen LogP) is 1.87. The zero-order valence-electron chi connectivity index (χ0n) is 8.96. The Morgan fingerprint density at radius 2 is 2.22 bits per heavy atom. The number of nitrogens with one attached hydrogen (secondary N) is 1. The van der Waals surface area contributed by atoms with E-state index in [1.807, 2.05) is 6.07 Å². The van der Waals surface area contributed by atoms with Crippen molar-refractivity contribution in [2.75, 3.05) is 5.73 Å². The van der Waals surface area contributed by atoms with E-state index in [1.54, 1.807) is 12.1 Å². The zero-order chi connectivity index (χ0) is 12.5. The highest BCUT2D eigenvalue weighted by atomic mass is 79.9. The van der Waals surface area contributed by atoms with E-state index in [9.17, 15) is 0 Å². The van der Waals surface area contributed by atoms with E-state index in [-0.39, 0.29) is 0 Å². The van der Waals surface area contributed by atoms with Crippen molar-refractivity contribution >= 4 is 21.6 Å². The topological polar surface area (TPSA) is 107 Å². The summed E-state index contributed by atoms with van der Waals surface area (Å²) in [5.41, 5.74) is 7.60. The second-order valence-corrected chi connectivity index (χ2v) is 4.37. The third-order valence-corrected chi connectivity index (χ3v) is 2.98. The molecule has 0 saturated carbocycles. The Bertz CT molecular complexity index is 678. The average molecular weight is 307 g/mol. The van der Waals surface area contributed by atoms with Crippen molar-refractivity contribution < 1.29 is 4.52 Å². The van der Waals surface area contributed by atoms with Crippen LogP contribution in [0.15, 0.2) is 33.4 Å². The van der Waals surface area contributed by atoms with E-state index in [0.717, 1.165) is 10.0 Å². The van der Waals surface area contributed by atoms with Crippen molar-refractivity contribution in [1.29, 1.82) is 0 Å². The van der Waals surface area contributed by atoms with Gasteiger partial charge in [-0.2, -0.15) is 20.4 Å². The van der Waals surface area contributed by atoms with E-state index in [1.165, 1.54) is 6.20 Å². The Morgan fingerprint density at radius 3 is 3.00 bits per heavy atom. The van der Waals surface area contributed by atoms with Crippen LogP contribution in [0.2, 0.25) is 0 Å². The fourth-order valence-corrected chi connectivity index (χ4v) is 1.87. The number of nitrogen functional groups attached to an aromatic ring is 1. The average Bonchev–Trinajstić information content (AvgIpc) is 3.00. The highest BCUT2D eigenvalue weighted by molar-refractivity contribution is 9.10. The molecular formula is C10H7BrN6O. The number of hydrogen-bond donors (Lipinski definition) is 2. The SMILES string of the molecule is Nc1ccc(Br)c(-c2nc(-c3cn[nH]n3)no2)c1. The molecule has 0 saturated heterocycles. The lowest BCUT2D eigenvalue weighted by Gasteiger charge is -1.99. The molecule has 0 unspecified atom stereocenters. The molecule has 0 fully saturated rings. The maximum absolute atomic E-state index is 5.73. The molecule has 0 aliphatic heterocycles. The fourth-order valence-electron chi connectivity index (χ4n) is 1.45. The number of benzene rings is 1. The molecule has 0 radical (unpaired) electrons. The van der Waals surface area contributed by atoms with Gasteiger partial charge in [-0.25, -0.2) is 0 Å². The minimum atomic E-state index is 0.368. The second kappa shape index (κ2) is 4.22. The van der Waals surface area contributed by atoms with Crippen LogP contribution in [-0.2, 0) is 0 Å². The van der Waals surface area contributed by atoms with Crippen LogP contribution in [0.25, 0.3) is 23.0 Å². The highest BCUT2D eigenvalue weighted by Crippen LogP contribution is 2.29. The van der Waals surface area contributed by atoms with Gasteiger partial charge in [0, 0.05) is 10.2 Å². The molecule has 3 N–H and O–H groups in total. The number of nitrogens with zero attached hydrogens (tertiary/aromatic N) is 4. The lowest BCUT2D eigenvalue weighted by molar-refractivity contribution is 0.432. The minimum Gasteiger partial charge on any atom is -0.399 e. The molecule has 18 heavy (non-hydrogen) atoms. The van der Waals surface area contributed by atoms with Gasteiger partial charge in [0.1, 0.15) is 0 Å². The molecule has 3 rings (SSSR count). The van der Waals surface area contributed by atoms with Crippen LogP contribution >= 0.6 is 15.9 Å². The number of H-pyrrole nitrogens is 1. The van der Waals surface area contributed by atoms with Crippen LogP contribution in [0.4, 0.5) is 5.69 Å². The van der Waals surface area contributed by atoms with Gasteiger partial charge in [0.15, 0.2) is 5.69 Å². The van der Waals surface area contributed by atoms with Crippen LogP contribution < -0.4 is 5.73 Å². The standard InChI is InChI=1S/C10H7BrN6O/c11-7-2-1-5(12)3-6(7)10-14-9(16-18-10)8-4-13-17-15-8/h1-4H,12H2,(H,13,15,17). The van der Waals surface area contributed by atoms with Crippen LogP contribution in [0.3, 0.4) is 0 Å². The monoisotopic (exact) mass is 306 g/mol. The smallest absolute Gasteiger partial charge is 0.259 e. The van der Waals surface area contributed by atoms with Gasteiger partial charge in [-0.05, 0) is 34.1 Å². The van der Waals surface area contributed by atoms with Crippen molar-refractivity contribution in [3.05, 3.63) is 28.9 Å². The van der Waals surface area contributed by atoms with Gasteiger partial charge in [-0.15, -0.1) is 0 Å². The number of aromatic nitrogens is 5. The third-order valence-electron chi connectivity index (χ3n) is 2.29. The Hall–Kier alpha value is -2.22. The van der Waals surface area contributed by atoms with Crippen molar-refractivity contribution in [2.45, 2.75) is 0 Å². The van der Waals surface area contributed by atoms with Crippen LogP contribution in [-0.4, -0.2) is 25.6 Å². The molecule has 0 spiro atoms. The summed E-state index contributed by atoms with van der Waals surface area (Å²) in [5.74, 6) is 0.736. The predicted molar refractivity (Wildman–Crippen MR) is 67.2 cm³/mol. The highest BCUT2D eigenvalue weighted by Gasteiger charge is 2.14. The summed E-state index contributed by atoms with van der Waals surface area (Å²) < 4.78 is 6.01. The maximum Gasteiger partial charge on any atom is 0.259 e. The first-order chi connectivity index (χ1) is 8.74. The van der Waals surface area contributed by atoms with E-state index in [2.05, 4.69) is 41.5 Å². The molecule has 2 aromatic heterocycles. The Labute approximate surface area is 110 Å². The van der Waals surface area contributed by atoms with Gasteiger partial charge in [0.2, 0.25) is 5.82 Å². The van der Waals surface area contributed by atoms with Crippen LogP contribution in [0.1, 0.15) is 0 Å². The number of anilines is 1. The Kier molecular flexibility index (Phi) is 2.56. The van der Waals surface area contributed by atoms with Crippen LogP contribution in [0, 0.1) is 0 Å². The van der Waals surface area contributed by atoms with E-state index >= 15 is 0 Å². The first kappa shape index (κ1) is 10.9. The van der Waals surface area contributed by atoms with Crippen molar-refractivity contribution in [3.63, 3.8) is 0 Å². The van der Waals surface area contributed by atoms with Gasteiger partial charge in [-0.1, -0.05) is 5.16 Å². The molecule has 3 aromatic rings. The van der Waals surface area contributed by atoms with E-state index < -0.39 is 0 Å². The number of nitrogens with two attached hydrogens (primary N) is 1. The normalized spacial score (nSPS) is 10.7. The van der Waals surface area contributed by atoms with Crippen molar-refractivity contribution in [1.82, 2.24) is 25.6 Å². The molecule has 2 heterocycles. The number of hydrogen-bond acceptors (Lipinski definition) is 6. The van der Waals surface area contributed by atoms with Crippen LogP contribution in [0.5, 0.6) is 0 Å². The van der Waals surface area contributed by atoms with E-state index in [4.69, 9.17) is 10.3 Å². The first-order valence-electron chi connectivity index (χ1n) is 4.99. The zero-order valence-corrected chi connectivity index (χ0v) is 10.5. The maximum atomic E-state index is 5.73. The quantitative estimate of drug-likeness (QED) is 0.700. The number of rotatable bonds is 2. The molecule has 0 bridgehead atoms. The van der Waals surface area contributed by atoms with Crippen molar-refractivity contribution in [3.8, 4) is 23.0 Å². The molecule has 7 nitrogen and oxygen atoms in total. The van der Waals surface area contributed by atoms with Gasteiger partial charge in [0.05, 0.1) is 11.8 Å². The lowest BCUT2D eigenvalue weighted by Crippen LogP contribution is -1.87. The van der Waals surface area contributed by atoms with Gasteiger partial charge < -0.3 is 10.3 Å². The number of aromatic amines is 1. The minimum absolute atomic E-state index is 0.368. The van der Waals surface area contributed by atoms with Gasteiger partial charge in [0.25, 0.3) is 5.89 Å². The van der Waals surface area contributed by atoms with Gasteiger partial charge in [-0.3, -0.25) is 0 Å². The fraction of sp³-hybridized carbons (Fsp3) is 0. The first-order valence-corrected chi connectivity index (χ1v) is 5.78. The molecule has 90 valence electrons. The largest absolute Gasteiger partial charge is 0.399 e. The summed E-state index contributed by atoms with van der Waals surface area (Å²) in [6.45, 7) is 0. The molecule has 1 aromatic carbocycles. The molecule has 0 aliphatic carbocycles. The summed E-state index contributed by atoms with van der Waals surface area (Å²) in [6.07, 6.45) is 1.52. The molecule has 0 aliphatic rings. The summed E-state index contributed by atoms with van der Waals surface area (Å²) in [5, 5.41) is 13.9. The molecule has 8 heteroatoms. The molecule has 0 atom stereocenters. The Balaban J connectivity index is 2.05. The summed E-state index contributed by atoms with van der Waals surface area (Å²) in [6, 6.07) is 5.36. The second-order valence-electron chi connectivity index (χ2n) is 3.52. The third kappa shape index (κ3) is 1.86. The molecule has 0 amide bonds. The summed E-state index contributed by atoms with van der Waals surface area (Å²) in [7, 11) is 0. The molecular weight excluding hydrogens is 300 g/mol. The summed E-state index contributed by atoms with van der Waals surface area (Å²) >= 11 is 3.41. The number of halogens is 1. The Morgan fingerprint density at radius 1 is 1.33 bits per heavy atom.